The first-order valence-electron chi connectivity index (χ1n) is 13.7. The molecule has 212 valence electrons. The first kappa shape index (κ1) is 26.8. The van der Waals surface area contributed by atoms with Gasteiger partial charge in [-0.1, -0.05) is 18.6 Å². The Balaban J connectivity index is 1.42. The average Bonchev–Trinajstić information content (AvgIpc) is 3.42. The Kier molecular flexibility index (Phi) is 6.61. The summed E-state index contributed by atoms with van der Waals surface area (Å²) in [4.78, 5) is 15.5. The van der Waals surface area contributed by atoms with Gasteiger partial charge in [0.15, 0.2) is 0 Å². The zero-order valence-electron chi connectivity index (χ0n) is 22.6. The Bertz CT molecular complexity index is 1600. The molecule has 0 amide bonds. The second kappa shape index (κ2) is 9.88. The number of aromatic nitrogens is 5. The van der Waals surface area contributed by atoms with Crippen LogP contribution in [0.15, 0.2) is 53.8 Å². The number of halogens is 3. The van der Waals surface area contributed by atoms with Gasteiger partial charge in [-0.2, -0.15) is 13.2 Å². The Hall–Kier alpha value is -3.44. The third-order valence-electron chi connectivity index (χ3n) is 8.44. The molecule has 0 spiro atoms. The van der Waals surface area contributed by atoms with Gasteiger partial charge in [0.2, 0.25) is 0 Å². The van der Waals surface area contributed by atoms with Crippen LogP contribution < -0.4 is 5.69 Å². The van der Waals surface area contributed by atoms with Crippen molar-refractivity contribution in [1.29, 1.82) is 0 Å². The third kappa shape index (κ3) is 4.96. The molecule has 11 heteroatoms. The lowest BCUT2D eigenvalue weighted by molar-refractivity contribution is -0.136. The number of aryl methyl sites for hydroxylation is 1. The normalized spacial score (nSPS) is 21.6. The molecule has 1 aliphatic carbocycles. The van der Waals surface area contributed by atoms with E-state index in [9.17, 15) is 23.1 Å². The van der Waals surface area contributed by atoms with Gasteiger partial charge in [0.05, 0.1) is 22.4 Å². The summed E-state index contributed by atoms with van der Waals surface area (Å²) in [6, 6.07) is 8.56. The van der Waals surface area contributed by atoms with Crippen LogP contribution >= 0.6 is 0 Å². The van der Waals surface area contributed by atoms with E-state index in [0.29, 0.717) is 36.7 Å². The summed E-state index contributed by atoms with van der Waals surface area (Å²) >= 11 is 0. The highest BCUT2D eigenvalue weighted by molar-refractivity contribution is 5.58. The standard InChI is InChI=1S/C29H33F3N6O2/c1-28(40)10-5-11-36(17-28)14-19-12-23(29(30,31)32)24-16-37(27(39)38(24)15-19)22-9-4-8-21(13-22)25(20-6-3-7-20)26-34-33-18-35(26)2/h4,8-9,12-13,15-16,18,20,25,40H,3,5-7,10-11,14,17H2,1-2H3/t25-,28+/m0/s1. The number of piperidine rings is 1. The number of aliphatic hydroxyl groups is 1. The number of hydrogen-bond acceptors (Lipinski definition) is 5. The van der Waals surface area contributed by atoms with E-state index in [1.165, 1.54) is 17.0 Å². The van der Waals surface area contributed by atoms with E-state index in [4.69, 9.17) is 0 Å². The highest BCUT2D eigenvalue weighted by Gasteiger charge is 2.36. The van der Waals surface area contributed by atoms with Gasteiger partial charge in [-0.25, -0.2) is 4.79 Å². The molecule has 0 radical (unpaired) electrons. The number of benzene rings is 1. The first-order valence-corrected chi connectivity index (χ1v) is 13.7. The summed E-state index contributed by atoms with van der Waals surface area (Å²) in [5.74, 6) is 1.20. The van der Waals surface area contributed by atoms with E-state index in [0.717, 1.165) is 47.5 Å². The molecule has 2 fully saturated rings. The molecule has 40 heavy (non-hydrogen) atoms. The van der Waals surface area contributed by atoms with Crippen molar-refractivity contribution in [2.45, 2.75) is 63.3 Å². The molecule has 2 atom stereocenters. The molecule has 4 heterocycles. The Morgan fingerprint density at radius 2 is 1.98 bits per heavy atom. The van der Waals surface area contributed by atoms with Gasteiger partial charge in [-0.3, -0.25) is 13.9 Å². The summed E-state index contributed by atoms with van der Waals surface area (Å²) in [6.45, 7) is 2.99. The monoisotopic (exact) mass is 554 g/mol. The quantitative estimate of drug-likeness (QED) is 0.379. The fraction of sp³-hybridized carbons (Fsp3) is 0.483. The molecule has 0 bridgehead atoms. The van der Waals surface area contributed by atoms with Gasteiger partial charge in [0.1, 0.15) is 12.2 Å². The number of nitrogens with zero attached hydrogens (tertiary/aromatic N) is 6. The molecule has 1 N–H and O–H groups in total. The van der Waals surface area contributed by atoms with Gasteiger partial charge < -0.3 is 9.67 Å². The number of β-amino-alcohol motifs (C(OH)–C–C–N with tert-alkyl or cyclic N) is 1. The Labute approximate surface area is 229 Å². The summed E-state index contributed by atoms with van der Waals surface area (Å²) in [6.07, 6.45) is 4.45. The molecular formula is C29H33F3N6O2. The predicted octanol–water partition coefficient (Wildman–Crippen LogP) is 4.52. The smallest absolute Gasteiger partial charge is 0.389 e. The zero-order valence-corrected chi connectivity index (χ0v) is 22.6. The third-order valence-corrected chi connectivity index (χ3v) is 8.44. The van der Waals surface area contributed by atoms with Crippen molar-refractivity contribution < 1.29 is 18.3 Å². The maximum absolute atomic E-state index is 14.2. The topological polar surface area (TPSA) is 80.6 Å². The van der Waals surface area contributed by atoms with Crippen LogP contribution in [0, 0.1) is 5.92 Å². The maximum Gasteiger partial charge on any atom is 0.418 e. The van der Waals surface area contributed by atoms with E-state index in [1.807, 2.05) is 34.7 Å². The molecule has 4 aromatic rings. The lowest BCUT2D eigenvalue weighted by Gasteiger charge is -2.36. The van der Waals surface area contributed by atoms with Crippen molar-refractivity contribution in [3.05, 3.63) is 82.1 Å². The van der Waals surface area contributed by atoms with Crippen LogP contribution in [0.3, 0.4) is 0 Å². The average molecular weight is 555 g/mol. The highest BCUT2D eigenvalue weighted by atomic mass is 19.4. The van der Waals surface area contributed by atoms with Crippen molar-refractivity contribution in [3.63, 3.8) is 0 Å². The van der Waals surface area contributed by atoms with Gasteiger partial charge in [0, 0.05) is 38.4 Å². The molecule has 1 aromatic carbocycles. The fourth-order valence-electron chi connectivity index (χ4n) is 6.31. The van der Waals surface area contributed by atoms with Crippen LogP contribution in [0.5, 0.6) is 0 Å². The minimum atomic E-state index is -4.64. The van der Waals surface area contributed by atoms with Crippen LogP contribution in [-0.2, 0) is 19.8 Å². The van der Waals surface area contributed by atoms with Gasteiger partial charge in [-0.05, 0) is 74.4 Å². The second-order valence-corrected chi connectivity index (χ2v) is 11.7. The van der Waals surface area contributed by atoms with Crippen molar-refractivity contribution in [1.82, 2.24) is 28.6 Å². The van der Waals surface area contributed by atoms with Crippen LogP contribution in [0.2, 0.25) is 0 Å². The number of hydrogen-bond donors (Lipinski definition) is 1. The van der Waals surface area contributed by atoms with Crippen LogP contribution in [0.25, 0.3) is 11.2 Å². The molecule has 1 aliphatic heterocycles. The van der Waals surface area contributed by atoms with Crippen LogP contribution in [0.1, 0.15) is 67.5 Å². The van der Waals surface area contributed by atoms with Gasteiger partial charge in [-0.15, -0.1) is 10.2 Å². The van der Waals surface area contributed by atoms with Crippen molar-refractivity contribution in [2.75, 3.05) is 13.1 Å². The summed E-state index contributed by atoms with van der Waals surface area (Å²) in [5, 5.41) is 18.9. The number of rotatable bonds is 6. The first-order chi connectivity index (χ1) is 19.0. The Morgan fingerprint density at radius 3 is 2.62 bits per heavy atom. The number of fused-ring (bicyclic) bond motifs is 1. The highest BCUT2D eigenvalue weighted by Crippen LogP contribution is 2.43. The molecule has 2 aliphatic rings. The van der Waals surface area contributed by atoms with Crippen molar-refractivity contribution in [2.24, 2.45) is 13.0 Å². The molecule has 6 rings (SSSR count). The van der Waals surface area contributed by atoms with Crippen molar-refractivity contribution in [3.8, 4) is 5.69 Å². The van der Waals surface area contributed by atoms with E-state index >= 15 is 0 Å². The van der Waals surface area contributed by atoms with Gasteiger partial charge >= 0.3 is 11.9 Å². The Morgan fingerprint density at radius 1 is 1.18 bits per heavy atom. The number of likely N-dealkylation sites (tertiary alicyclic amines) is 1. The van der Waals surface area contributed by atoms with Crippen LogP contribution in [-0.4, -0.2) is 52.4 Å². The van der Waals surface area contributed by atoms with Crippen molar-refractivity contribution >= 4 is 5.52 Å². The number of alkyl halides is 3. The number of imidazole rings is 1. The minimum absolute atomic E-state index is 0.0203. The second-order valence-electron chi connectivity index (χ2n) is 11.7. The molecule has 0 unspecified atom stereocenters. The predicted molar refractivity (Wildman–Crippen MR) is 143 cm³/mol. The van der Waals surface area contributed by atoms with E-state index in [2.05, 4.69) is 10.2 Å². The number of pyridine rings is 1. The molecule has 3 aromatic heterocycles. The molecule has 1 saturated carbocycles. The summed E-state index contributed by atoms with van der Waals surface area (Å²) in [5.41, 5.74) is -0.674. The lowest BCUT2D eigenvalue weighted by Crippen LogP contribution is -2.45. The minimum Gasteiger partial charge on any atom is -0.389 e. The maximum atomic E-state index is 14.2. The molecule has 8 nitrogen and oxygen atoms in total. The van der Waals surface area contributed by atoms with E-state index in [-0.39, 0.29) is 18.0 Å². The van der Waals surface area contributed by atoms with Gasteiger partial charge in [0.25, 0.3) is 0 Å². The molecular weight excluding hydrogens is 521 g/mol. The summed E-state index contributed by atoms with van der Waals surface area (Å²) in [7, 11) is 1.90. The van der Waals surface area contributed by atoms with E-state index < -0.39 is 23.0 Å². The van der Waals surface area contributed by atoms with Crippen LogP contribution in [0.4, 0.5) is 13.2 Å². The SMILES string of the molecule is Cn1cnnc1[C@H](c1cccc(-n2cc3c(C(F)(F)F)cc(CN4CCC[C@@](C)(O)C4)cn3c2=O)c1)C1CCC1. The molecule has 1 saturated heterocycles. The lowest BCUT2D eigenvalue weighted by atomic mass is 9.72. The fourth-order valence-corrected chi connectivity index (χ4v) is 6.31. The summed E-state index contributed by atoms with van der Waals surface area (Å²) < 4.78 is 47.0. The largest absolute Gasteiger partial charge is 0.418 e. The zero-order chi connectivity index (χ0) is 28.2. The van der Waals surface area contributed by atoms with E-state index in [1.54, 1.807) is 19.3 Å².